The number of nitrogens with two attached hydrogens (primary N) is 1. The van der Waals surface area contributed by atoms with Gasteiger partial charge in [-0.1, -0.05) is 36.9 Å². The molecule has 0 saturated carbocycles. The third-order valence-corrected chi connectivity index (χ3v) is 8.00. The van der Waals surface area contributed by atoms with Crippen LogP contribution in [0.5, 0.6) is 0 Å². The van der Waals surface area contributed by atoms with Crippen LogP contribution in [-0.2, 0) is 9.59 Å². The van der Waals surface area contributed by atoms with Crippen molar-refractivity contribution in [1.29, 1.82) is 0 Å². The molecule has 170 valence electrons. The van der Waals surface area contributed by atoms with Gasteiger partial charge in [-0.05, 0) is 42.2 Å². The number of carbonyl (C=O) groups excluding carboxylic acids is 3. The fraction of sp³-hybridized carbons (Fsp3) is 0.375. The lowest BCUT2D eigenvalue weighted by molar-refractivity contribution is -0.147. The van der Waals surface area contributed by atoms with Gasteiger partial charge in [-0.2, -0.15) is 4.99 Å². The van der Waals surface area contributed by atoms with Crippen molar-refractivity contribution in [3.8, 4) is 11.1 Å². The average Bonchev–Trinajstić information content (AvgIpc) is 3.40. The van der Waals surface area contributed by atoms with Crippen molar-refractivity contribution in [1.82, 2.24) is 14.8 Å². The Balaban J connectivity index is 1.25. The van der Waals surface area contributed by atoms with Crippen LogP contribution in [0.3, 0.4) is 0 Å². The molecule has 1 aromatic heterocycles. The number of thioether (sulfide) groups is 1. The Labute approximate surface area is 196 Å². The number of amidine groups is 1. The topological polar surface area (TPSA) is 109 Å². The fourth-order valence-corrected chi connectivity index (χ4v) is 5.89. The Kier molecular flexibility index (Phi) is 5.44. The van der Waals surface area contributed by atoms with Crippen molar-refractivity contribution in [2.24, 2.45) is 16.6 Å². The molecule has 0 bridgehead atoms. The predicted octanol–water partition coefficient (Wildman–Crippen LogP) is 2.16. The van der Waals surface area contributed by atoms with E-state index in [9.17, 15) is 14.4 Å². The number of rotatable bonds is 4. The summed E-state index contributed by atoms with van der Waals surface area (Å²) in [6, 6.07) is 11.5. The van der Waals surface area contributed by atoms with Crippen LogP contribution >= 0.6 is 11.8 Å². The van der Waals surface area contributed by atoms with Crippen molar-refractivity contribution in [2.75, 3.05) is 19.6 Å². The molecule has 5 rings (SSSR count). The normalized spacial score (nSPS) is 22.3. The minimum atomic E-state index is -0.561. The van der Waals surface area contributed by atoms with Crippen molar-refractivity contribution in [3.63, 3.8) is 0 Å². The Bertz CT molecular complexity index is 1130. The highest BCUT2D eigenvalue weighted by atomic mass is 32.2. The molecule has 1 aromatic carbocycles. The summed E-state index contributed by atoms with van der Waals surface area (Å²) in [5.41, 5.74) is 7.97. The van der Waals surface area contributed by atoms with Crippen LogP contribution in [0.4, 0.5) is 0 Å². The highest BCUT2D eigenvalue weighted by Crippen LogP contribution is 2.40. The number of likely N-dealkylation sites (tertiary alicyclic amines) is 2. The van der Waals surface area contributed by atoms with Gasteiger partial charge in [0.15, 0.2) is 5.17 Å². The third-order valence-electron chi connectivity index (χ3n) is 6.81. The maximum atomic E-state index is 13.3. The Morgan fingerprint density at radius 1 is 1.18 bits per heavy atom. The lowest BCUT2D eigenvalue weighted by Gasteiger charge is -2.53. The number of nitrogens with zero attached hydrogens (tertiary/aromatic N) is 4. The van der Waals surface area contributed by atoms with E-state index in [2.05, 4.69) is 9.98 Å². The van der Waals surface area contributed by atoms with Crippen LogP contribution in [0.15, 0.2) is 53.8 Å². The molecule has 1 spiro atoms. The number of benzene rings is 1. The zero-order valence-electron chi connectivity index (χ0n) is 18.3. The van der Waals surface area contributed by atoms with E-state index in [0.29, 0.717) is 25.2 Å². The molecule has 9 heteroatoms. The first-order valence-corrected chi connectivity index (χ1v) is 11.9. The molecule has 0 aliphatic carbocycles. The van der Waals surface area contributed by atoms with Gasteiger partial charge in [0.1, 0.15) is 5.25 Å². The van der Waals surface area contributed by atoms with Gasteiger partial charge >= 0.3 is 0 Å². The molecule has 2 fully saturated rings. The van der Waals surface area contributed by atoms with Gasteiger partial charge in [0.25, 0.3) is 11.8 Å². The van der Waals surface area contributed by atoms with Crippen molar-refractivity contribution < 1.29 is 14.4 Å². The molecule has 33 heavy (non-hydrogen) atoms. The summed E-state index contributed by atoms with van der Waals surface area (Å²) in [4.78, 5) is 49.9. The fourth-order valence-electron chi connectivity index (χ4n) is 5.01. The second-order valence-corrected chi connectivity index (χ2v) is 10.1. The minimum absolute atomic E-state index is 0.00640. The molecule has 2 aromatic rings. The summed E-state index contributed by atoms with van der Waals surface area (Å²) in [6.45, 7) is 3.43. The molecule has 3 amide bonds. The molecule has 2 unspecified atom stereocenters. The largest absolute Gasteiger partial charge is 0.378 e. The standard InChI is InChI=1S/C24H25N5O3S/c1-15(19-20(30)27-23(25)33-19)21(31)28-13-24(14-28)9-3-11-29(24)22(32)17-7-5-16(6-8-17)18-4-2-10-26-12-18/h2,4-8,10,12,15,19H,3,9,11,13-14H2,1H3,(H2,25,27,30). The molecule has 3 aliphatic rings. The van der Waals surface area contributed by atoms with Crippen molar-refractivity contribution >= 4 is 34.7 Å². The summed E-state index contributed by atoms with van der Waals surface area (Å²) in [7, 11) is 0. The molecular weight excluding hydrogens is 438 g/mol. The maximum Gasteiger partial charge on any atom is 0.262 e. The predicted molar refractivity (Wildman–Crippen MR) is 126 cm³/mol. The van der Waals surface area contributed by atoms with Crippen molar-refractivity contribution in [3.05, 3.63) is 54.4 Å². The lowest BCUT2D eigenvalue weighted by Crippen LogP contribution is -2.70. The van der Waals surface area contributed by atoms with E-state index < -0.39 is 11.2 Å². The van der Waals surface area contributed by atoms with Gasteiger partial charge in [-0.25, -0.2) is 0 Å². The maximum absolute atomic E-state index is 13.3. The summed E-state index contributed by atoms with van der Waals surface area (Å²) >= 11 is 1.15. The summed E-state index contributed by atoms with van der Waals surface area (Å²) in [6.07, 6.45) is 5.32. The van der Waals surface area contributed by atoms with Crippen molar-refractivity contribution in [2.45, 2.75) is 30.6 Å². The second kappa shape index (κ2) is 8.30. The molecule has 0 radical (unpaired) electrons. The average molecular weight is 464 g/mol. The van der Waals surface area contributed by atoms with Gasteiger partial charge in [0.05, 0.1) is 11.5 Å². The van der Waals surface area contributed by atoms with Gasteiger partial charge < -0.3 is 15.5 Å². The Morgan fingerprint density at radius 3 is 2.58 bits per heavy atom. The molecule has 8 nitrogen and oxygen atoms in total. The van der Waals surface area contributed by atoms with Gasteiger partial charge in [0, 0.05) is 37.6 Å². The SMILES string of the molecule is CC(C(=O)N1CC2(CCCN2C(=O)c2ccc(-c3cccnc3)cc2)C1)C1SC(N)=NC1=O. The summed E-state index contributed by atoms with van der Waals surface area (Å²) < 4.78 is 0. The number of amides is 3. The highest BCUT2D eigenvalue weighted by molar-refractivity contribution is 8.15. The number of hydrogen-bond acceptors (Lipinski definition) is 6. The summed E-state index contributed by atoms with van der Waals surface area (Å²) in [5.74, 6) is -0.944. The third kappa shape index (κ3) is 3.80. The zero-order chi connectivity index (χ0) is 23.2. The molecular formula is C24H25N5O3S. The van der Waals surface area contributed by atoms with Crippen LogP contribution < -0.4 is 5.73 Å². The molecule has 3 aliphatic heterocycles. The Hall–Kier alpha value is -3.20. The molecule has 2 atom stereocenters. The second-order valence-electron chi connectivity index (χ2n) is 8.91. The monoisotopic (exact) mass is 463 g/mol. The van der Waals surface area contributed by atoms with E-state index in [0.717, 1.165) is 35.7 Å². The van der Waals surface area contributed by atoms with Crippen LogP contribution in [0, 0.1) is 5.92 Å². The zero-order valence-corrected chi connectivity index (χ0v) is 19.1. The van der Waals surface area contributed by atoms with Crippen LogP contribution in [0.2, 0.25) is 0 Å². The van der Waals surface area contributed by atoms with Gasteiger partial charge in [0.2, 0.25) is 5.91 Å². The van der Waals surface area contributed by atoms with E-state index in [1.165, 1.54) is 0 Å². The highest BCUT2D eigenvalue weighted by Gasteiger charge is 2.54. The number of pyridine rings is 1. The van der Waals surface area contributed by atoms with E-state index in [-0.39, 0.29) is 28.4 Å². The van der Waals surface area contributed by atoms with E-state index in [4.69, 9.17) is 5.73 Å². The van der Waals surface area contributed by atoms with Crippen LogP contribution in [0.25, 0.3) is 11.1 Å². The van der Waals surface area contributed by atoms with Gasteiger partial charge in [-0.3, -0.25) is 19.4 Å². The summed E-state index contributed by atoms with van der Waals surface area (Å²) in [5, 5.41) is -0.347. The number of aromatic nitrogens is 1. The van der Waals surface area contributed by atoms with E-state index >= 15 is 0 Å². The first-order valence-electron chi connectivity index (χ1n) is 11.0. The molecule has 2 saturated heterocycles. The Morgan fingerprint density at radius 2 is 1.94 bits per heavy atom. The first-order chi connectivity index (χ1) is 15.9. The number of hydrogen-bond donors (Lipinski definition) is 1. The number of carbonyl (C=O) groups is 3. The quantitative estimate of drug-likeness (QED) is 0.744. The minimum Gasteiger partial charge on any atom is -0.378 e. The van der Waals surface area contributed by atoms with Crippen LogP contribution in [-0.4, -0.2) is 68.1 Å². The molecule has 4 heterocycles. The van der Waals surface area contributed by atoms with E-state index in [1.54, 1.807) is 24.2 Å². The number of aliphatic imine (C=N–C) groups is 1. The van der Waals surface area contributed by atoms with Gasteiger partial charge in [-0.15, -0.1) is 0 Å². The smallest absolute Gasteiger partial charge is 0.262 e. The first kappa shape index (κ1) is 21.6. The molecule has 2 N–H and O–H groups in total. The van der Waals surface area contributed by atoms with E-state index in [1.807, 2.05) is 41.3 Å². The van der Waals surface area contributed by atoms with Crippen LogP contribution in [0.1, 0.15) is 30.1 Å². The lowest BCUT2D eigenvalue weighted by atomic mass is 9.85.